The van der Waals surface area contributed by atoms with Crippen LogP contribution in [0.4, 0.5) is 0 Å². The molecule has 0 bridgehead atoms. The van der Waals surface area contributed by atoms with E-state index in [0.717, 1.165) is 5.56 Å². The molecule has 0 radical (unpaired) electrons. The molecule has 0 saturated heterocycles. The molecule has 0 aliphatic carbocycles. The first kappa shape index (κ1) is 21.7. The molecule has 2 heterocycles. The van der Waals surface area contributed by atoms with E-state index in [1.807, 2.05) is 56.4 Å². The zero-order valence-corrected chi connectivity index (χ0v) is 18.3. The minimum atomic E-state index is -1.59. The molecule has 2 atom stereocenters. The Morgan fingerprint density at radius 1 is 1.16 bits per heavy atom. The molecule has 7 nitrogen and oxygen atoms in total. The molecule has 1 unspecified atom stereocenters. The summed E-state index contributed by atoms with van der Waals surface area (Å²) in [5.74, 6) is 0.122. The number of pyridine rings is 1. The predicted molar refractivity (Wildman–Crippen MR) is 122 cm³/mol. The van der Waals surface area contributed by atoms with Crippen molar-refractivity contribution in [3.63, 3.8) is 0 Å². The normalized spacial score (nSPS) is 14.2. The molecule has 2 aromatic heterocycles. The third-order valence-electron chi connectivity index (χ3n) is 5.57. The molecule has 4 aromatic rings. The van der Waals surface area contributed by atoms with Crippen molar-refractivity contribution in [2.75, 3.05) is 6.54 Å². The average molecular weight is 431 g/mol. The summed E-state index contributed by atoms with van der Waals surface area (Å²) in [6.07, 6.45) is 1.03. The molecule has 4 rings (SSSR count). The lowest BCUT2D eigenvalue weighted by Gasteiger charge is -2.29. The second kappa shape index (κ2) is 8.53. The van der Waals surface area contributed by atoms with E-state index in [1.165, 1.54) is 0 Å². The van der Waals surface area contributed by atoms with Gasteiger partial charge in [0.15, 0.2) is 11.4 Å². The van der Waals surface area contributed by atoms with Crippen molar-refractivity contribution in [2.24, 2.45) is 7.05 Å². The van der Waals surface area contributed by atoms with Crippen molar-refractivity contribution in [3.05, 3.63) is 95.1 Å². The van der Waals surface area contributed by atoms with Gasteiger partial charge in [-0.15, -0.1) is 0 Å². The quantitative estimate of drug-likeness (QED) is 0.437. The molecule has 0 aliphatic heterocycles. The monoisotopic (exact) mass is 430 g/mol. The minimum absolute atomic E-state index is 0.167. The van der Waals surface area contributed by atoms with Gasteiger partial charge in [-0.3, -0.25) is 9.78 Å². The Labute approximate surface area is 186 Å². The fraction of sp³-hybridized carbons (Fsp3) is 0.240. The highest BCUT2D eigenvalue weighted by Crippen LogP contribution is 2.37. The summed E-state index contributed by atoms with van der Waals surface area (Å²) >= 11 is 0. The zero-order chi connectivity index (χ0) is 22.9. The number of fused-ring (bicyclic) bond motifs is 1. The van der Waals surface area contributed by atoms with Crippen LogP contribution in [0.5, 0.6) is 0 Å². The summed E-state index contributed by atoms with van der Waals surface area (Å²) in [6.45, 7) is 3.69. The number of aliphatic hydroxyl groups excluding tert-OH is 1. The average Bonchev–Trinajstić information content (AvgIpc) is 3.14. The lowest BCUT2D eigenvalue weighted by molar-refractivity contribution is 0.0924. The first-order valence-corrected chi connectivity index (χ1v) is 10.5. The molecule has 0 spiro atoms. The maximum Gasteiger partial charge on any atom is 0.251 e. The van der Waals surface area contributed by atoms with Gasteiger partial charge in [0.25, 0.3) is 5.91 Å². The van der Waals surface area contributed by atoms with Crippen molar-refractivity contribution in [1.82, 2.24) is 19.9 Å². The van der Waals surface area contributed by atoms with Gasteiger partial charge in [-0.1, -0.05) is 36.4 Å². The van der Waals surface area contributed by atoms with Crippen molar-refractivity contribution in [3.8, 4) is 0 Å². The van der Waals surface area contributed by atoms with Crippen LogP contribution in [0.2, 0.25) is 0 Å². The van der Waals surface area contributed by atoms with E-state index >= 15 is 0 Å². The molecule has 0 saturated carbocycles. The van der Waals surface area contributed by atoms with Crippen LogP contribution in [0.25, 0.3) is 11.0 Å². The van der Waals surface area contributed by atoms with E-state index in [4.69, 9.17) is 4.98 Å². The summed E-state index contributed by atoms with van der Waals surface area (Å²) < 4.78 is 1.79. The summed E-state index contributed by atoms with van der Waals surface area (Å²) in [6, 6.07) is 18.2. The second-order valence-corrected chi connectivity index (χ2v) is 8.00. The van der Waals surface area contributed by atoms with E-state index in [1.54, 1.807) is 35.9 Å². The van der Waals surface area contributed by atoms with E-state index in [2.05, 4.69) is 10.3 Å². The smallest absolute Gasteiger partial charge is 0.251 e. The number of rotatable bonds is 6. The lowest BCUT2D eigenvalue weighted by atomic mass is 9.86. The van der Waals surface area contributed by atoms with Gasteiger partial charge in [-0.25, -0.2) is 4.98 Å². The number of nitrogens with zero attached hydrogens (tertiary/aromatic N) is 3. The third-order valence-corrected chi connectivity index (χ3v) is 5.57. The highest BCUT2D eigenvalue weighted by molar-refractivity contribution is 5.97. The van der Waals surface area contributed by atoms with Gasteiger partial charge in [-0.05, 0) is 49.2 Å². The van der Waals surface area contributed by atoms with Gasteiger partial charge >= 0.3 is 0 Å². The molecule has 1 amide bonds. The second-order valence-electron chi connectivity index (χ2n) is 8.00. The van der Waals surface area contributed by atoms with Gasteiger partial charge in [0.05, 0.1) is 22.8 Å². The number of aryl methyl sites for hydroxylation is 2. The number of benzene rings is 2. The standard InChI is InChI=1S/C25H26N4O3/c1-16-8-7-13-26-22(16)25(32,19-9-5-4-6-10-19)24-28-20-12-11-18(14-21(20)29(24)3)23(31)27-15-17(2)30/h4-14,17,30,32H,15H2,1-3H3,(H,27,31)/t17-,25?/m1/s1. The lowest BCUT2D eigenvalue weighted by Crippen LogP contribution is -2.34. The van der Waals surface area contributed by atoms with Gasteiger partial charge in [0.2, 0.25) is 0 Å². The number of hydrogen-bond acceptors (Lipinski definition) is 5. The number of carbonyl (C=O) groups is 1. The predicted octanol–water partition coefficient (Wildman–Crippen LogP) is 2.67. The van der Waals surface area contributed by atoms with Crippen LogP contribution in [-0.4, -0.2) is 43.3 Å². The van der Waals surface area contributed by atoms with Crippen LogP contribution in [0, 0.1) is 6.92 Å². The minimum Gasteiger partial charge on any atom is -0.392 e. The van der Waals surface area contributed by atoms with E-state index in [0.29, 0.717) is 33.7 Å². The van der Waals surface area contributed by atoms with Crippen molar-refractivity contribution in [2.45, 2.75) is 25.6 Å². The van der Waals surface area contributed by atoms with Crippen molar-refractivity contribution in [1.29, 1.82) is 0 Å². The van der Waals surface area contributed by atoms with E-state index < -0.39 is 11.7 Å². The highest BCUT2D eigenvalue weighted by atomic mass is 16.3. The van der Waals surface area contributed by atoms with E-state index in [9.17, 15) is 15.0 Å². The number of hydrogen-bond donors (Lipinski definition) is 3. The van der Waals surface area contributed by atoms with Crippen LogP contribution >= 0.6 is 0 Å². The fourth-order valence-corrected chi connectivity index (χ4v) is 3.91. The highest BCUT2D eigenvalue weighted by Gasteiger charge is 2.41. The number of imidazole rings is 1. The Hall–Kier alpha value is -3.55. The largest absolute Gasteiger partial charge is 0.392 e. The fourth-order valence-electron chi connectivity index (χ4n) is 3.91. The van der Waals surface area contributed by atoms with Crippen LogP contribution in [0.1, 0.15) is 39.9 Å². The first-order valence-electron chi connectivity index (χ1n) is 10.5. The van der Waals surface area contributed by atoms with Gasteiger partial charge in [-0.2, -0.15) is 0 Å². The Morgan fingerprint density at radius 2 is 1.91 bits per heavy atom. The van der Waals surface area contributed by atoms with Crippen molar-refractivity contribution >= 4 is 16.9 Å². The Kier molecular flexibility index (Phi) is 5.78. The molecule has 2 aromatic carbocycles. The van der Waals surface area contributed by atoms with Gasteiger partial charge in [0, 0.05) is 25.4 Å². The molecule has 0 aliphatic rings. The summed E-state index contributed by atoms with van der Waals surface area (Å²) in [7, 11) is 1.81. The van der Waals surface area contributed by atoms with Gasteiger partial charge < -0.3 is 20.1 Å². The summed E-state index contributed by atoms with van der Waals surface area (Å²) in [5.41, 5.74) is 2.20. The molecular weight excluding hydrogens is 404 g/mol. The number of aromatic nitrogens is 3. The molecular formula is C25H26N4O3. The molecule has 32 heavy (non-hydrogen) atoms. The van der Waals surface area contributed by atoms with Crippen LogP contribution in [-0.2, 0) is 12.6 Å². The number of aliphatic hydroxyl groups is 2. The molecule has 164 valence electrons. The maximum atomic E-state index is 12.5. The number of carbonyl (C=O) groups excluding carboxylic acids is 1. The zero-order valence-electron chi connectivity index (χ0n) is 18.3. The molecule has 0 fully saturated rings. The summed E-state index contributed by atoms with van der Waals surface area (Å²) in [5, 5.41) is 24.3. The number of nitrogens with one attached hydrogen (secondary N) is 1. The Morgan fingerprint density at radius 3 is 2.59 bits per heavy atom. The Balaban J connectivity index is 1.88. The first-order chi connectivity index (χ1) is 15.3. The Bertz CT molecular complexity index is 1270. The van der Waals surface area contributed by atoms with Crippen LogP contribution < -0.4 is 5.32 Å². The number of amides is 1. The molecule has 7 heteroatoms. The SMILES string of the molecule is Cc1cccnc1C(O)(c1ccccc1)c1nc2ccc(C(=O)NC[C@@H](C)O)cc2n1C. The van der Waals surface area contributed by atoms with E-state index in [-0.39, 0.29) is 12.5 Å². The van der Waals surface area contributed by atoms with Crippen molar-refractivity contribution < 1.29 is 15.0 Å². The van der Waals surface area contributed by atoms with Gasteiger partial charge in [0.1, 0.15) is 0 Å². The third kappa shape index (κ3) is 3.77. The maximum absolute atomic E-state index is 12.5. The summed E-state index contributed by atoms with van der Waals surface area (Å²) in [4.78, 5) is 21.7. The topological polar surface area (TPSA) is 100 Å². The van der Waals surface area contributed by atoms with Crippen LogP contribution in [0.3, 0.4) is 0 Å². The van der Waals surface area contributed by atoms with Crippen LogP contribution in [0.15, 0.2) is 66.9 Å². The molecule has 3 N–H and O–H groups in total.